The van der Waals surface area contributed by atoms with Crippen molar-refractivity contribution in [3.05, 3.63) is 18.3 Å². The molecule has 1 aromatic rings. The van der Waals surface area contributed by atoms with Crippen LogP contribution in [0.1, 0.15) is 6.42 Å². The molecule has 1 unspecified atom stereocenters. The van der Waals surface area contributed by atoms with Gasteiger partial charge in [-0.2, -0.15) is 5.10 Å². The summed E-state index contributed by atoms with van der Waals surface area (Å²) in [6, 6.07) is 3.76. The molecule has 0 aromatic carbocycles. The zero-order chi connectivity index (χ0) is 8.39. The first-order valence-electron chi connectivity index (χ1n) is 4.07. The van der Waals surface area contributed by atoms with E-state index in [0.29, 0.717) is 6.54 Å². The number of rotatable bonds is 1. The average molecular weight is 165 g/mol. The molecular weight excluding hydrogens is 154 g/mol. The van der Waals surface area contributed by atoms with Crippen molar-refractivity contribution in [1.29, 1.82) is 0 Å². The van der Waals surface area contributed by atoms with E-state index in [4.69, 9.17) is 0 Å². The third kappa shape index (κ3) is 1.38. The topological polar surface area (TPSA) is 49.2 Å². The summed E-state index contributed by atoms with van der Waals surface area (Å²) in [7, 11) is 0. The van der Waals surface area contributed by atoms with Gasteiger partial charge in [-0.25, -0.2) is 0 Å². The quantitative estimate of drug-likeness (QED) is 0.638. The van der Waals surface area contributed by atoms with E-state index in [1.165, 1.54) is 0 Å². The zero-order valence-corrected chi connectivity index (χ0v) is 6.72. The lowest BCUT2D eigenvalue weighted by Gasteiger charge is -2.14. The molecule has 4 heteroatoms. The fourth-order valence-electron chi connectivity index (χ4n) is 1.41. The van der Waals surface area contributed by atoms with E-state index in [0.717, 1.165) is 18.8 Å². The molecule has 4 nitrogen and oxygen atoms in total. The number of aromatic nitrogens is 2. The monoisotopic (exact) mass is 165 g/mol. The number of aliphatic hydroxyl groups excluding tert-OH is 1. The van der Waals surface area contributed by atoms with Crippen LogP contribution in [-0.2, 0) is 0 Å². The lowest BCUT2D eigenvalue weighted by molar-refractivity contribution is 0.198. The van der Waals surface area contributed by atoms with E-state index in [1.54, 1.807) is 6.20 Å². The molecule has 0 radical (unpaired) electrons. The van der Waals surface area contributed by atoms with Gasteiger partial charge in [0, 0.05) is 19.3 Å². The van der Waals surface area contributed by atoms with Crippen molar-refractivity contribution in [1.82, 2.24) is 10.2 Å². The summed E-state index contributed by atoms with van der Waals surface area (Å²) >= 11 is 0. The van der Waals surface area contributed by atoms with Crippen molar-refractivity contribution in [2.24, 2.45) is 0 Å². The highest BCUT2D eigenvalue weighted by molar-refractivity contribution is 5.37. The predicted octanol–water partition coefficient (Wildman–Crippen LogP) is 0.0476. The molecule has 2 rings (SSSR count). The van der Waals surface area contributed by atoms with Gasteiger partial charge in [0.2, 0.25) is 0 Å². The second-order valence-corrected chi connectivity index (χ2v) is 2.97. The number of hydrogen-bond donors (Lipinski definition) is 1. The Morgan fingerprint density at radius 3 is 3.08 bits per heavy atom. The molecule has 1 atom stereocenters. The standard InChI is InChI=1S/C8H11N3O/c12-7-3-5-11(6-7)8-2-1-4-9-10-8/h1-2,4,7,12H,3,5-6H2. The van der Waals surface area contributed by atoms with Crippen LogP contribution in [0.5, 0.6) is 0 Å². The van der Waals surface area contributed by atoms with E-state index in [1.807, 2.05) is 17.0 Å². The minimum Gasteiger partial charge on any atom is -0.391 e. The summed E-state index contributed by atoms with van der Waals surface area (Å²) in [5, 5.41) is 17.0. The van der Waals surface area contributed by atoms with Gasteiger partial charge in [0.1, 0.15) is 0 Å². The van der Waals surface area contributed by atoms with Crippen molar-refractivity contribution in [3.8, 4) is 0 Å². The fraction of sp³-hybridized carbons (Fsp3) is 0.500. The first-order valence-corrected chi connectivity index (χ1v) is 4.07. The van der Waals surface area contributed by atoms with E-state index in [-0.39, 0.29) is 6.10 Å². The lowest BCUT2D eigenvalue weighted by atomic mass is 10.3. The highest BCUT2D eigenvalue weighted by Crippen LogP contribution is 2.15. The summed E-state index contributed by atoms with van der Waals surface area (Å²) in [6.45, 7) is 1.55. The number of anilines is 1. The van der Waals surface area contributed by atoms with Crippen molar-refractivity contribution in [2.45, 2.75) is 12.5 Å². The molecule has 1 saturated heterocycles. The van der Waals surface area contributed by atoms with Crippen LogP contribution in [0.4, 0.5) is 5.82 Å². The average Bonchev–Trinajstić information content (AvgIpc) is 2.54. The Balaban J connectivity index is 2.11. The molecule has 0 aliphatic carbocycles. The molecule has 64 valence electrons. The maximum atomic E-state index is 9.27. The molecule has 1 aromatic heterocycles. The number of aliphatic hydroxyl groups is 1. The Bertz CT molecular complexity index is 252. The second-order valence-electron chi connectivity index (χ2n) is 2.97. The predicted molar refractivity (Wildman–Crippen MR) is 44.9 cm³/mol. The van der Waals surface area contributed by atoms with E-state index >= 15 is 0 Å². The molecule has 1 aliphatic rings. The van der Waals surface area contributed by atoms with Crippen LogP contribution in [0.15, 0.2) is 18.3 Å². The van der Waals surface area contributed by atoms with Crippen LogP contribution < -0.4 is 4.90 Å². The van der Waals surface area contributed by atoms with Crippen LogP contribution in [0.25, 0.3) is 0 Å². The van der Waals surface area contributed by atoms with Crippen LogP contribution in [-0.4, -0.2) is 34.5 Å². The van der Waals surface area contributed by atoms with Gasteiger partial charge in [-0.15, -0.1) is 5.10 Å². The van der Waals surface area contributed by atoms with E-state index in [2.05, 4.69) is 10.2 Å². The minimum atomic E-state index is -0.202. The Hall–Kier alpha value is -1.16. The first kappa shape index (κ1) is 7.49. The zero-order valence-electron chi connectivity index (χ0n) is 6.72. The van der Waals surface area contributed by atoms with E-state index in [9.17, 15) is 5.11 Å². The third-order valence-corrected chi connectivity index (χ3v) is 2.05. The van der Waals surface area contributed by atoms with E-state index < -0.39 is 0 Å². The van der Waals surface area contributed by atoms with Gasteiger partial charge in [0.25, 0.3) is 0 Å². The van der Waals surface area contributed by atoms with Gasteiger partial charge in [-0.05, 0) is 18.6 Å². The molecule has 2 heterocycles. The Morgan fingerprint density at radius 1 is 1.58 bits per heavy atom. The smallest absolute Gasteiger partial charge is 0.151 e. The summed E-state index contributed by atoms with van der Waals surface area (Å²) in [5.74, 6) is 0.856. The molecule has 0 amide bonds. The summed E-state index contributed by atoms with van der Waals surface area (Å²) in [6.07, 6.45) is 2.28. The normalized spacial score (nSPS) is 23.1. The molecule has 1 N–H and O–H groups in total. The lowest BCUT2D eigenvalue weighted by Crippen LogP contribution is -2.22. The largest absolute Gasteiger partial charge is 0.391 e. The molecule has 0 bridgehead atoms. The molecular formula is C8H11N3O. The summed E-state index contributed by atoms with van der Waals surface area (Å²) in [4.78, 5) is 2.04. The second kappa shape index (κ2) is 3.06. The highest BCUT2D eigenvalue weighted by Gasteiger charge is 2.20. The highest BCUT2D eigenvalue weighted by atomic mass is 16.3. The van der Waals surface area contributed by atoms with Gasteiger partial charge in [-0.3, -0.25) is 0 Å². The molecule has 1 fully saturated rings. The van der Waals surface area contributed by atoms with Crippen LogP contribution in [0.3, 0.4) is 0 Å². The van der Waals surface area contributed by atoms with Crippen molar-refractivity contribution in [3.63, 3.8) is 0 Å². The van der Waals surface area contributed by atoms with Crippen molar-refractivity contribution < 1.29 is 5.11 Å². The van der Waals surface area contributed by atoms with Gasteiger partial charge < -0.3 is 10.0 Å². The Labute approximate surface area is 70.8 Å². The fourth-order valence-corrected chi connectivity index (χ4v) is 1.41. The molecule has 1 aliphatic heterocycles. The Kier molecular flexibility index (Phi) is 1.91. The van der Waals surface area contributed by atoms with Crippen LogP contribution in [0, 0.1) is 0 Å². The van der Waals surface area contributed by atoms with Gasteiger partial charge >= 0.3 is 0 Å². The number of hydrogen-bond acceptors (Lipinski definition) is 4. The van der Waals surface area contributed by atoms with Crippen LogP contribution >= 0.6 is 0 Å². The third-order valence-electron chi connectivity index (χ3n) is 2.05. The summed E-state index contributed by atoms with van der Waals surface area (Å²) < 4.78 is 0. The van der Waals surface area contributed by atoms with Gasteiger partial charge in [-0.1, -0.05) is 0 Å². The maximum Gasteiger partial charge on any atom is 0.151 e. The summed E-state index contributed by atoms with van der Waals surface area (Å²) in [5.41, 5.74) is 0. The molecule has 0 spiro atoms. The van der Waals surface area contributed by atoms with Crippen LogP contribution in [0.2, 0.25) is 0 Å². The Morgan fingerprint density at radius 2 is 2.50 bits per heavy atom. The SMILES string of the molecule is OC1CCN(c2cccnn2)C1. The first-order chi connectivity index (χ1) is 5.86. The number of nitrogens with zero attached hydrogens (tertiary/aromatic N) is 3. The number of β-amino-alcohol motifs (C(OH)–C–C–N with tert-alkyl or cyclic N) is 1. The minimum absolute atomic E-state index is 0.202. The van der Waals surface area contributed by atoms with Crippen molar-refractivity contribution >= 4 is 5.82 Å². The molecule has 0 saturated carbocycles. The van der Waals surface area contributed by atoms with Gasteiger partial charge in [0.05, 0.1) is 6.10 Å². The molecule has 12 heavy (non-hydrogen) atoms. The maximum absolute atomic E-state index is 9.27. The van der Waals surface area contributed by atoms with Gasteiger partial charge in [0.15, 0.2) is 5.82 Å². The van der Waals surface area contributed by atoms with Crippen molar-refractivity contribution in [2.75, 3.05) is 18.0 Å².